The first-order valence-electron chi connectivity index (χ1n) is 1.78. The van der Waals surface area contributed by atoms with E-state index in [0.29, 0.717) is 0 Å². The van der Waals surface area contributed by atoms with E-state index in [1.54, 1.807) is 0 Å². The zero-order valence-electron chi connectivity index (χ0n) is 3.53. The van der Waals surface area contributed by atoms with Crippen LogP contribution >= 0.6 is 0 Å². The standard InChI is InChI=1S/C4H4O2S/c5-7-3-1-6-2-4-7/h1-4H. The van der Waals surface area contributed by atoms with E-state index in [1.807, 2.05) is 0 Å². The van der Waals surface area contributed by atoms with Crippen LogP contribution < -0.4 is 0 Å². The molecule has 0 atom stereocenters. The van der Waals surface area contributed by atoms with Crippen LogP contribution in [0.3, 0.4) is 0 Å². The van der Waals surface area contributed by atoms with Gasteiger partial charge in [-0.05, 0) is 0 Å². The van der Waals surface area contributed by atoms with Gasteiger partial charge in [-0.1, -0.05) is 0 Å². The third-order valence-corrected chi connectivity index (χ3v) is 1.30. The molecule has 0 unspecified atom stereocenters. The monoisotopic (exact) mass is 116 g/mol. The van der Waals surface area contributed by atoms with Crippen LogP contribution in [0.2, 0.25) is 0 Å². The summed E-state index contributed by atoms with van der Waals surface area (Å²) in [6.45, 7) is 0. The molecule has 0 aromatic rings. The molecule has 0 radical (unpaired) electrons. The van der Waals surface area contributed by atoms with E-state index in [9.17, 15) is 4.21 Å². The molecular formula is C4H4O2S. The molecule has 0 saturated heterocycles. The summed E-state index contributed by atoms with van der Waals surface area (Å²) in [5.41, 5.74) is 0. The van der Waals surface area contributed by atoms with Gasteiger partial charge in [-0.15, -0.1) is 0 Å². The molecule has 1 aliphatic rings. The topological polar surface area (TPSA) is 26.3 Å². The number of hydrogen-bond donors (Lipinski definition) is 0. The maximum Gasteiger partial charge on any atom is 0.0993 e. The summed E-state index contributed by atoms with van der Waals surface area (Å²) >= 11 is 0. The van der Waals surface area contributed by atoms with E-state index in [2.05, 4.69) is 4.74 Å². The van der Waals surface area contributed by atoms with Crippen molar-refractivity contribution in [1.82, 2.24) is 0 Å². The lowest BCUT2D eigenvalue weighted by atomic mass is 11.0. The van der Waals surface area contributed by atoms with E-state index in [0.717, 1.165) is 0 Å². The van der Waals surface area contributed by atoms with Crippen LogP contribution in [0.4, 0.5) is 0 Å². The van der Waals surface area contributed by atoms with E-state index in [1.165, 1.54) is 23.3 Å². The van der Waals surface area contributed by atoms with Gasteiger partial charge in [0.25, 0.3) is 0 Å². The number of rotatable bonds is 0. The average molecular weight is 116 g/mol. The van der Waals surface area contributed by atoms with E-state index in [4.69, 9.17) is 0 Å². The minimum atomic E-state index is -0.926. The normalized spacial score (nSPS) is 19.4. The number of hydrogen-bond acceptors (Lipinski definition) is 2. The summed E-state index contributed by atoms with van der Waals surface area (Å²) in [4.78, 5) is 0. The first kappa shape index (κ1) is 4.59. The lowest BCUT2D eigenvalue weighted by molar-refractivity contribution is 0.403. The minimum Gasteiger partial charge on any atom is -0.471 e. The maximum absolute atomic E-state index is 10.3. The molecule has 1 rings (SSSR count). The Morgan fingerprint density at radius 3 is 2.14 bits per heavy atom. The molecule has 1 heterocycles. The quantitative estimate of drug-likeness (QED) is 0.466. The lowest BCUT2D eigenvalue weighted by Crippen LogP contribution is -1.81. The molecule has 0 spiro atoms. The van der Waals surface area contributed by atoms with Gasteiger partial charge in [0.05, 0.1) is 23.3 Å². The van der Waals surface area contributed by atoms with Crippen LogP contribution in [0.1, 0.15) is 0 Å². The molecule has 3 heteroatoms. The van der Waals surface area contributed by atoms with E-state index < -0.39 is 10.8 Å². The van der Waals surface area contributed by atoms with Crippen molar-refractivity contribution >= 4 is 10.8 Å². The Labute approximate surface area is 43.9 Å². The van der Waals surface area contributed by atoms with Crippen molar-refractivity contribution in [2.24, 2.45) is 0 Å². The number of ether oxygens (including phenoxy) is 1. The van der Waals surface area contributed by atoms with Gasteiger partial charge in [0.1, 0.15) is 0 Å². The van der Waals surface area contributed by atoms with Crippen molar-refractivity contribution in [2.75, 3.05) is 0 Å². The third kappa shape index (κ3) is 1.16. The van der Waals surface area contributed by atoms with Gasteiger partial charge in [0.2, 0.25) is 0 Å². The highest BCUT2D eigenvalue weighted by atomic mass is 32.2. The van der Waals surface area contributed by atoms with Crippen molar-refractivity contribution in [2.45, 2.75) is 0 Å². The molecule has 0 amide bonds. The zero-order chi connectivity index (χ0) is 5.11. The van der Waals surface area contributed by atoms with Gasteiger partial charge < -0.3 is 4.74 Å². The van der Waals surface area contributed by atoms with Crippen LogP contribution in [0, 0.1) is 0 Å². The highest BCUT2D eigenvalue weighted by Gasteiger charge is 1.87. The first-order chi connectivity index (χ1) is 3.39. The van der Waals surface area contributed by atoms with E-state index >= 15 is 0 Å². The molecule has 0 N–H and O–H groups in total. The Hall–Kier alpha value is -0.570. The maximum atomic E-state index is 10.3. The Morgan fingerprint density at radius 2 is 1.86 bits per heavy atom. The van der Waals surface area contributed by atoms with Crippen molar-refractivity contribution in [3.63, 3.8) is 0 Å². The fourth-order valence-corrected chi connectivity index (χ4v) is 0.702. The molecule has 0 aromatic carbocycles. The molecule has 0 fully saturated rings. The fraction of sp³-hybridized carbons (Fsp3) is 0. The highest BCUT2D eigenvalue weighted by Crippen LogP contribution is 1.95. The van der Waals surface area contributed by atoms with Crippen molar-refractivity contribution in [3.8, 4) is 0 Å². The third-order valence-electron chi connectivity index (χ3n) is 0.536. The van der Waals surface area contributed by atoms with Gasteiger partial charge in [0.15, 0.2) is 0 Å². The SMILES string of the molecule is O=S1C=COC=C1. The molecule has 0 saturated carbocycles. The van der Waals surface area contributed by atoms with Gasteiger partial charge in [0, 0.05) is 10.8 Å². The average Bonchev–Trinajstić information content (AvgIpc) is 1.69. The summed E-state index contributed by atoms with van der Waals surface area (Å²) in [5, 5.41) is 2.94. The van der Waals surface area contributed by atoms with Crippen molar-refractivity contribution in [3.05, 3.63) is 23.3 Å². The predicted molar refractivity (Wildman–Crippen MR) is 27.5 cm³/mol. The molecule has 38 valence electrons. The Morgan fingerprint density at radius 1 is 1.29 bits per heavy atom. The highest BCUT2D eigenvalue weighted by molar-refractivity contribution is 7.90. The van der Waals surface area contributed by atoms with Crippen LogP contribution in [-0.2, 0) is 15.5 Å². The Balaban J connectivity index is 2.66. The Bertz CT molecular complexity index is 123. The predicted octanol–water partition coefficient (Wildman–Crippen LogP) is 0.708. The van der Waals surface area contributed by atoms with Crippen LogP contribution in [-0.4, -0.2) is 4.21 Å². The van der Waals surface area contributed by atoms with Gasteiger partial charge in [-0.3, -0.25) is 4.21 Å². The zero-order valence-corrected chi connectivity index (χ0v) is 4.35. The van der Waals surface area contributed by atoms with E-state index in [-0.39, 0.29) is 0 Å². The van der Waals surface area contributed by atoms with Gasteiger partial charge in [-0.25, -0.2) is 0 Å². The molecule has 7 heavy (non-hydrogen) atoms. The second-order valence-electron chi connectivity index (χ2n) is 1.01. The molecule has 0 aromatic heterocycles. The van der Waals surface area contributed by atoms with Gasteiger partial charge in [-0.2, -0.15) is 0 Å². The fourth-order valence-electron chi connectivity index (χ4n) is 0.264. The van der Waals surface area contributed by atoms with Crippen molar-refractivity contribution < 1.29 is 8.95 Å². The molecule has 1 aliphatic heterocycles. The summed E-state index contributed by atoms with van der Waals surface area (Å²) in [6, 6.07) is 0. The summed E-state index contributed by atoms with van der Waals surface area (Å²) in [6.07, 6.45) is 2.80. The molecule has 0 aliphatic carbocycles. The first-order valence-corrected chi connectivity index (χ1v) is 3.05. The second kappa shape index (κ2) is 1.93. The van der Waals surface area contributed by atoms with Gasteiger partial charge >= 0.3 is 0 Å². The molecular weight excluding hydrogens is 112 g/mol. The molecule has 2 nitrogen and oxygen atoms in total. The summed E-state index contributed by atoms with van der Waals surface area (Å²) in [5.74, 6) is 0. The Kier molecular flexibility index (Phi) is 1.26. The van der Waals surface area contributed by atoms with Crippen LogP contribution in [0.5, 0.6) is 0 Å². The largest absolute Gasteiger partial charge is 0.471 e. The molecule has 0 bridgehead atoms. The smallest absolute Gasteiger partial charge is 0.0993 e. The van der Waals surface area contributed by atoms with Crippen LogP contribution in [0.25, 0.3) is 0 Å². The van der Waals surface area contributed by atoms with Crippen LogP contribution in [0.15, 0.2) is 23.3 Å². The summed E-state index contributed by atoms with van der Waals surface area (Å²) < 4.78 is 14.9. The second-order valence-corrected chi connectivity index (χ2v) is 2.21. The minimum absolute atomic E-state index is 0.926. The van der Waals surface area contributed by atoms with Crippen molar-refractivity contribution in [1.29, 1.82) is 0 Å². The lowest BCUT2D eigenvalue weighted by Gasteiger charge is -1.92. The summed E-state index contributed by atoms with van der Waals surface area (Å²) in [7, 11) is -0.926.